The number of hydrogen-bond acceptors (Lipinski definition) is 8. The fraction of sp³-hybridized carbons (Fsp3) is 0.654. The van der Waals surface area contributed by atoms with Crippen molar-refractivity contribution in [2.24, 2.45) is 23.0 Å². The highest BCUT2D eigenvalue weighted by Gasteiger charge is 2.42. The zero-order chi connectivity index (χ0) is 26.3. The van der Waals surface area contributed by atoms with Crippen LogP contribution in [0.5, 0.6) is 0 Å². The van der Waals surface area contributed by atoms with Crippen molar-refractivity contribution < 1.29 is 29.0 Å². The molecule has 1 aromatic heterocycles. The predicted molar refractivity (Wildman–Crippen MR) is 134 cm³/mol. The van der Waals surface area contributed by atoms with Crippen LogP contribution in [0.1, 0.15) is 78.3 Å². The van der Waals surface area contributed by atoms with Crippen molar-refractivity contribution in [1.29, 1.82) is 0 Å². The van der Waals surface area contributed by atoms with Gasteiger partial charge in [-0.1, -0.05) is 50.9 Å². The number of nitrogens with two attached hydrogens (primary N) is 1. The van der Waals surface area contributed by atoms with Crippen LogP contribution in [0, 0.1) is 17.3 Å². The first-order valence-corrected chi connectivity index (χ1v) is 12.5. The molecule has 0 spiro atoms. The van der Waals surface area contributed by atoms with Gasteiger partial charge in [-0.15, -0.1) is 0 Å². The van der Waals surface area contributed by atoms with E-state index in [1.165, 1.54) is 6.26 Å². The molecule has 196 valence electrons. The number of oxazole rings is 1. The van der Waals surface area contributed by atoms with Gasteiger partial charge in [0.05, 0.1) is 35.6 Å². The molecule has 0 aliphatic carbocycles. The zero-order valence-electron chi connectivity index (χ0n) is 21.3. The summed E-state index contributed by atoms with van der Waals surface area (Å²) < 4.78 is 10.9. The quantitative estimate of drug-likeness (QED) is 0.408. The number of ether oxygens (including phenoxy) is 1. The van der Waals surface area contributed by atoms with E-state index in [1.54, 1.807) is 26.8 Å². The Labute approximate surface area is 212 Å². The van der Waals surface area contributed by atoms with Gasteiger partial charge in [0.1, 0.15) is 23.8 Å². The maximum Gasteiger partial charge on any atom is 0.309 e. The molecule has 1 aromatic rings. The second-order valence-corrected chi connectivity index (χ2v) is 10.6. The van der Waals surface area contributed by atoms with E-state index in [2.05, 4.69) is 4.98 Å². The molecule has 0 saturated heterocycles. The number of allylic oxidation sites excluding steroid dienone is 1. The first-order valence-electron chi connectivity index (χ1n) is 12.1. The maximum absolute atomic E-state index is 13.2. The van der Waals surface area contributed by atoms with E-state index >= 15 is 0 Å². The van der Waals surface area contributed by atoms with E-state index in [0.717, 1.165) is 24.8 Å². The molecule has 0 saturated carbocycles. The molecule has 0 aromatic carbocycles. The molecule has 0 bridgehead atoms. The van der Waals surface area contributed by atoms with Crippen molar-refractivity contribution >= 4 is 29.4 Å². The van der Waals surface area contributed by atoms with Crippen molar-refractivity contribution in [3.63, 3.8) is 0 Å². The van der Waals surface area contributed by atoms with E-state index in [0.29, 0.717) is 18.0 Å². The fourth-order valence-corrected chi connectivity index (χ4v) is 4.48. The van der Waals surface area contributed by atoms with E-state index in [4.69, 9.17) is 26.5 Å². The Morgan fingerprint density at radius 3 is 2.63 bits per heavy atom. The number of carbonyl (C=O) groups excluding carboxylic acids is 2. The van der Waals surface area contributed by atoms with Crippen LogP contribution >= 0.6 is 11.6 Å². The third kappa shape index (κ3) is 8.00. The highest BCUT2D eigenvalue weighted by Crippen LogP contribution is 2.32. The van der Waals surface area contributed by atoms with Crippen LogP contribution in [0.4, 0.5) is 0 Å². The molecule has 2 heterocycles. The predicted octanol–water partition coefficient (Wildman–Crippen LogP) is 4.12. The minimum absolute atomic E-state index is 0.0847. The summed E-state index contributed by atoms with van der Waals surface area (Å²) in [5, 5.41) is 21.8. The van der Waals surface area contributed by atoms with E-state index in [1.807, 2.05) is 19.9 Å². The standard InChI is InChI=1S/C26H39ClN2O6/c1-15-7-6-8-16(2)24(32)17(3)25(33)26(4,5)21(30)12-23(31)35-20(10-9-15)19(27)11-18-14-34-22(13-28)29-18/h9,11,14,16-17,20-21,24,30,32H,6-8,10,12-13,28H2,1-5H3/b15-9+,19-11-. The van der Waals surface area contributed by atoms with Crippen molar-refractivity contribution in [2.45, 2.75) is 91.6 Å². The Morgan fingerprint density at radius 1 is 1.31 bits per heavy atom. The van der Waals surface area contributed by atoms with Crippen LogP contribution < -0.4 is 5.73 Å². The van der Waals surface area contributed by atoms with Gasteiger partial charge in [0.25, 0.3) is 0 Å². The van der Waals surface area contributed by atoms with Crippen LogP contribution in [0.3, 0.4) is 0 Å². The van der Waals surface area contributed by atoms with Gasteiger partial charge in [0, 0.05) is 12.3 Å². The number of Topliss-reactive ketones (excluding diaryl/α,β-unsaturated/α-hetero) is 1. The number of ketones is 1. The van der Waals surface area contributed by atoms with E-state index < -0.39 is 35.6 Å². The number of aliphatic hydroxyl groups excluding tert-OH is 2. The molecular formula is C26H39ClN2O6. The van der Waals surface area contributed by atoms with Crippen molar-refractivity contribution in [2.75, 3.05) is 0 Å². The fourth-order valence-electron chi connectivity index (χ4n) is 4.24. The molecule has 4 N–H and O–H groups in total. The van der Waals surface area contributed by atoms with Crippen LogP contribution in [0.2, 0.25) is 0 Å². The average molecular weight is 511 g/mol. The number of aliphatic hydroxyl groups is 2. The SMILES string of the molecule is C/C1=C\CC(/C(Cl)=C/c2coc(CN)n2)OC(=O)CC(O)C(C)(C)C(=O)C(C)C(O)C(C)CCC1. The lowest BCUT2D eigenvalue weighted by molar-refractivity contribution is -0.153. The van der Waals surface area contributed by atoms with Gasteiger partial charge in [0.15, 0.2) is 0 Å². The third-order valence-electron chi connectivity index (χ3n) is 6.86. The number of aromatic nitrogens is 1. The van der Waals surface area contributed by atoms with Crippen LogP contribution in [-0.4, -0.2) is 45.3 Å². The zero-order valence-corrected chi connectivity index (χ0v) is 22.0. The molecule has 9 heteroatoms. The summed E-state index contributed by atoms with van der Waals surface area (Å²) in [5.74, 6) is -1.39. The highest BCUT2D eigenvalue weighted by atomic mass is 35.5. The van der Waals surface area contributed by atoms with Crippen LogP contribution in [-0.2, 0) is 20.9 Å². The Kier molecular flexibility index (Phi) is 10.7. The first-order chi connectivity index (χ1) is 16.4. The molecule has 0 amide bonds. The lowest BCUT2D eigenvalue weighted by Crippen LogP contribution is -2.45. The second-order valence-electron chi connectivity index (χ2n) is 10.1. The molecular weight excluding hydrogens is 472 g/mol. The number of halogens is 1. The monoisotopic (exact) mass is 510 g/mol. The summed E-state index contributed by atoms with van der Waals surface area (Å²) in [5.41, 5.74) is 5.83. The lowest BCUT2D eigenvalue weighted by Gasteiger charge is -2.34. The van der Waals surface area contributed by atoms with Crippen LogP contribution in [0.15, 0.2) is 27.4 Å². The number of carbonyl (C=O) groups is 2. The topological polar surface area (TPSA) is 136 Å². The number of nitrogens with zero attached hydrogens (tertiary/aromatic N) is 1. The molecule has 8 nitrogen and oxygen atoms in total. The number of esters is 1. The molecule has 5 atom stereocenters. The van der Waals surface area contributed by atoms with Gasteiger partial charge in [-0.25, -0.2) is 4.98 Å². The lowest BCUT2D eigenvalue weighted by atomic mass is 9.73. The molecule has 2 rings (SSSR count). The van der Waals surface area contributed by atoms with Gasteiger partial charge in [-0.05, 0) is 38.2 Å². The molecule has 5 unspecified atom stereocenters. The highest BCUT2D eigenvalue weighted by molar-refractivity contribution is 6.32. The number of cyclic esters (lactones) is 1. The average Bonchev–Trinajstić information content (AvgIpc) is 3.26. The van der Waals surface area contributed by atoms with Crippen LogP contribution in [0.25, 0.3) is 6.08 Å². The summed E-state index contributed by atoms with van der Waals surface area (Å²) in [4.78, 5) is 30.1. The second kappa shape index (κ2) is 12.8. The molecule has 1 aliphatic rings. The van der Waals surface area contributed by atoms with Gasteiger partial charge in [-0.2, -0.15) is 0 Å². The van der Waals surface area contributed by atoms with E-state index in [9.17, 15) is 19.8 Å². The first kappa shape index (κ1) is 29.2. The van der Waals surface area contributed by atoms with Crippen molar-refractivity contribution in [3.8, 4) is 0 Å². The molecule has 0 radical (unpaired) electrons. The summed E-state index contributed by atoms with van der Waals surface area (Å²) in [6, 6.07) is 0. The number of hydrogen-bond donors (Lipinski definition) is 3. The van der Waals surface area contributed by atoms with Crippen molar-refractivity contribution in [1.82, 2.24) is 4.98 Å². The van der Waals surface area contributed by atoms with Gasteiger partial charge >= 0.3 is 5.97 Å². The summed E-state index contributed by atoms with van der Waals surface area (Å²) in [6.07, 6.45) is 4.36. The van der Waals surface area contributed by atoms with E-state index in [-0.39, 0.29) is 29.7 Å². The summed E-state index contributed by atoms with van der Waals surface area (Å²) in [6.45, 7) is 8.90. The van der Waals surface area contributed by atoms with Gasteiger partial charge in [-0.3, -0.25) is 9.59 Å². The Hall–Kier alpha value is -2.00. The smallest absolute Gasteiger partial charge is 0.309 e. The molecule has 1 aliphatic heterocycles. The summed E-state index contributed by atoms with van der Waals surface area (Å²) >= 11 is 6.53. The third-order valence-corrected chi connectivity index (χ3v) is 7.21. The van der Waals surface area contributed by atoms with Gasteiger partial charge < -0.3 is 25.1 Å². The maximum atomic E-state index is 13.2. The van der Waals surface area contributed by atoms with Gasteiger partial charge in [0.2, 0.25) is 5.89 Å². The number of rotatable bonds is 3. The Bertz CT molecular complexity index is 938. The Morgan fingerprint density at radius 2 is 2.00 bits per heavy atom. The minimum Gasteiger partial charge on any atom is -0.456 e. The molecule has 35 heavy (non-hydrogen) atoms. The van der Waals surface area contributed by atoms with Crippen molar-refractivity contribution in [3.05, 3.63) is 34.5 Å². The largest absolute Gasteiger partial charge is 0.456 e. The molecule has 0 fully saturated rings. The minimum atomic E-state index is -1.29. The normalized spacial score (nSPS) is 31.5. The summed E-state index contributed by atoms with van der Waals surface area (Å²) in [7, 11) is 0. The Balaban J connectivity index is 2.33.